The van der Waals surface area contributed by atoms with Gasteiger partial charge in [-0.2, -0.15) is 0 Å². The van der Waals surface area contributed by atoms with E-state index < -0.39 is 10.9 Å². The maximum atomic E-state index is 12.6. The van der Waals surface area contributed by atoms with Crippen molar-refractivity contribution in [3.63, 3.8) is 0 Å². The highest BCUT2D eigenvalue weighted by Crippen LogP contribution is 2.25. The molecule has 0 radical (unpaired) electrons. The van der Waals surface area contributed by atoms with Crippen molar-refractivity contribution in [3.05, 3.63) is 91.7 Å². The number of benzene rings is 2. The summed E-state index contributed by atoms with van der Waals surface area (Å²) in [7, 11) is 1.42. The number of nitro benzene ring substituents is 1. The molecule has 1 aromatic heterocycles. The summed E-state index contributed by atoms with van der Waals surface area (Å²) < 4.78 is 10.5. The Morgan fingerprint density at radius 2 is 1.82 bits per heavy atom. The van der Waals surface area contributed by atoms with Gasteiger partial charge in [0.25, 0.3) is 5.69 Å². The average molecular weight is 397 g/mol. The highest BCUT2D eigenvalue weighted by atomic mass is 32.1. The van der Waals surface area contributed by atoms with E-state index in [-0.39, 0.29) is 29.2 Å². The number of rotatable bonds is 7. The molecule has 28 heavy (non-hydrogen) atoms. The Balaban J connectivity index is 1.82. The second-order valence-electron chi connectivity index (χ2n) is 5.68. The summed E-state index contributed by atoms with van der Waals surface area (Å²) in [6, 6.07) is 13.8. The number of esters is 1. The zero-order valence-electron chi connectivity index (χ0n) is 14.8. The van der Waals surface area contributed by atoms with E-state index in [1.54, 1.807) is 35.7 Å². The minimum Gasteiger partial charge on any atom is -0.496 e. The van der Waals surface area contributed by atoms with Crippen LogP contribution in [0.1, 0.15) is 31.2 Å². The molecule has 8 heteroatoms. The Morgan fingerprint density at radius 1 is 1.07 bits per heavy atom. The Labute approximate surface area is 164 Å². The van der Waals surface area contributed by atoms with Crippen LogP contribution in [0.5, 0.6) is 5.75 Å². The number of non-ortho nitro benzene ring substituents is 1. The van der Waals surface area contributed by atoms with Crippen LogP contribution >= 0.6 is 11.3 Å². The van der Waals surface area contributed by atoms with Gasteiger partial charge in [-0.25, -0.2) is 4.79 Å². The van der Waals surface area contributed by atoms with Gasteiger partial charge in [-0.05, 0) is 23.6 Å². The van der Waals surface area contributed by atoms with E-state index in [9.17, 15) is 19.7 Å². The van der Waals surface area contributed by atoms with Crippen molar-refractivity contribution in [1.29, 1.82) is 0 Å². The standard InChI is InChI=1S/C20H15NO6S/c1-26-17-9-8-14(21(24)25)11-13(17)12-27-20(23)16-6-3-2-5-15(16)19(22)18-7-4-10-28-18/h2-11H,12H2,1H3. The fraction of sp³-hybridized carbons (Fsp3) is 0.100. The molecule has 0 amide bonds. The third kappa shape index (κ3) is 4.07. The maximum Gasteiger partial charge on any atom is 0.339 e. The van der Waals surface area contributed by atoms with E-state index in [0.29, 0.717) is 16.2 Å². The Bertz CT molecular complexity index is 1030. The lowest BCUT2D eigenvalue weighted by Crippen LogP contribution is -2.12. The number of methoxy groups -OCH3 is 1. The van der Waals surface area contributed by atoms with Crippen LogP contribution in [0.2, 0.25) is 0 Å². The second-order valence-corrected chi connectivity index (χ2v) is 6.63. The van der Waals surface area contributed by atoms with E-state index in [4.69, 9.17) is 9.47 Å². The summed E-state index contributed by atoms with van der Waals surface area (Å²) in [5.41, 5.74) is 0.582. The second kappa shape index (κ2) is 8.45. The number of ketones is 1. The molecule has 0 saturated carbocycles. The van der Waals surface area contributed by atoms with Gasteiger partial charge in [-0.3, -0.25) is 14.9 Å². The molecule has 0 aliphatic rings. The summed E-state index contributed by atoms with van der Waals surface area (Å²) in [4.78, 5) is 36.2. The predicted octanol–water partition coefficient (Wildman–Crippen LogP) is 4.25. The molecule has 0 aliphatic carbocycles. The Hall–Kier alpha value is -3.52. The van der Waals surface area contributed by atoms with Crippen molar-refractivity contribution in [3.8, 4) is 5.75 Å². The lowest BCUT2D eigenvalue weighted by Gasteiger charge is -2.11. The van der Waals surface area contributed by atoms with Gasteiger partial charge in [0.05, 0.1) is 22.5 Å². The quantitative estimate of drug-likeness (QED) is 0.256. The van der Waals surface area contributed by atoms with Gasteiger partial charge in [-0.1, -0.05) is 24.3 Å². The normalized spacial score (nSPS) is 10.3. The van der Waals surface area contributed by atoms with E-state index >= 15 is 0 Å². The van der Waals surface area contributed by atoms with Gasteiger partial charge in [0.2, 0.25) is 5.78 Å². The molecular formula is C20H15NO6S. The molecule has 142 valence electrons. The van der Waals surface area contributed by atoms with E-state index in [1.807, 2.05) is 0 Å². The van der Waals surface area contributed by atoms with Crippen LogP contribution < -0.4 is 4.74 Å². The fourth-order valence-corrected chi connectivity index (χ4v) is 3.29. The molecule has 0 bridgehead atoms. The van der Waals surface area contributed by atoms with Gasteiger partial charge in [0.15, 0.2) is 0 Å². The molecular weight excluding hydrogens is 382 g/mol. The SMILES string of the molecule is COc1ccc([N+](=O)[O-])cc1COC(=O)c1ccccc1C(=O)c1cccs1. The number of thiophene rings is 1. The number of hydrogen-bond acceptors (Lipinski definition) is 7. The molecule has 0 saturated heterocycles. The molecule has 3 aromatic rings. The number of nitro groups is 1. The number of carbonyl (C=O) groups is 2. The highest BCUT2D eigenvalue weighted by molar-refractivity contribution is 7.12. The largest absolute Gasteiger partial charge is 0.496 e. The molecule has 0 atom stereocenters. The molecule has 0 aliphatic heterocycles. The lowest BCUT2D eigenvalue weighted by molar-refractivity contribution is -0.385. The average Bonchev–Trinajstić information content (AvgIpc) is 3.26. The molecule has 0 spiro atoms. The number of nitrogens with zero attached hydrogens (tertiary/aromatic N) is 1. The molecule has 2 aromatic carbocycles. The van der Waals surface area contributed by atoms with Gasteiger partial charge < -0.3 is 9.47 Å². The molecule has 0 fully saturated rings. The summed E-state index contributed by atoms with van der Waals surface area (Å²) in [5.74, 6) is -0.606. The Kier molecular flexibility index (Phi) is 5.81. The van der Waals surface area contributed by atoms with Crippen LogP contribution in [0.15, 0.2) is 60.0 Å². The molecule has 1 heterocycles. The fourth-order valence-electron chi connectivity index (χ4n) is 2.61. The monoisotopic (exact) mass is 397 g/mol. The highest BCUT2D eigenvalue weighted by Gasteiger charge is 2.20. The zero-order valence-corrected chi connectivity index (χ0v) is 15.6. The van der Waals surface area contributed by atoms with Crippen LogP contribution in [0.25, 0.3) is 0 Å². The number of hydrogen-bond donors (Lipinski definition) is 0. The summed E-state index contributed by atoms with van der Waals surface area (Å²) in [6.45, 7) is -0.231. The van der Waals surface area contributed by atoms with Crippen molar-refractivity contribution in [2.45, 2.75) is 6.61 Å². The minimum atomic E-state index is -0.700. The molecule has 0 N–H and O–H groups in total. The van der Waals surface area contributed by atoms with E-state index in [0.717, 1.165) is 0 Å². The van der Waals surface area contributed by atoms with Crippen LogP contribution in [0.4, 0.5) is 5.69 Å². The number of carbonyl (C=O) groups excluding carboxylic acids is 2. The summed E-state index contributed by atoms with van der Waals surface area (Å²) in [5, 5.41) is 12.7. The number of ether oxygens (including phenoxy) is 2. The van der Waals surface area contributed by atoms with Crippen LogP contribution in [0, 0.1) is 10.1 Å². The predicted molar refractivity (Wildman–Crippen MR) is 103 cm³/mol. The van der Waals surface area contributed by atoms with E-state index in [1.165, 1.54) is 42.7 Å². The van der Waals surface area contributed by atoms with Crippen molar-refractivity contribution in [2.75, 3.05) is 7.11 Å². The first kappa shape index (κ1) is 19.2. The van der Waals surface area contributed by atoms with Crippen LogP contribution in [0.3, 0.4) is 0 Å². The van der Waals surface area contributed by atoms with Gasteiger partial charge in [0, 0.05) is 23.3 Å². The van der Waals surface area contributed by atoms with E-state index in [2.05, 4.69) is 0 Å². The van der Waals surface area contributed by atoms with Crippen molar-refractivity contribution >= 4 is 28.8 Å². The molecule has 0 unspecified atom stereocenters. The minimum absolute atomic E-state index is 0.130. The first-order valence-corrected chi connectivity index (χ1v) is 9.05. The maximum absolute atomic E-state index is 12.6. The third-order valence-electron chi connectivity index (χ3n) is 3.97. The van der Waals surface area contributed by atoms with Gasteiger partial charge in [0.1, 0.15) is 12.4 Å². The van der Waals surface area contributed by atoms with Crippen molar-refractivity contribution in [2.24, 2.45) is 0 Å². The van der Waals surface area contributed by atoms with Gasteiger partial charge >= 0.3 is 5.97 Å². The van der Waals surface area contributed by atoms with Crippen molar-refractivity contribution < 1.29 is 24.0 Å². The topological polar surface area (TPSA) is 95.7 Å². The summed E-state index contributed by atoms with van der Waals surface area (Å²) >= 11 is 1.28. The first-order valence-electron chi connectivity index (χ1n) is 8.17. The summed E-state index contributed by atoms with van der Waals surface area (Å²) in [6.07, 6.45) is 0. The lowest BCUT2D eigenvalue weighted by atomic mass is 10.0. The van der Waals surface area contributed by atoms with Crippen LogP contribution in [-0.2, 0) is 11.3 Å². The van der Waals surface area contributed by atoms with Gasteiger partial charge in [-0.15, -0.1) is 11.3 Å². The van der Waals surface area contributed by atoms with Crippen molar-refractivity contribution in [1.82, 2.24) is 0 Å². The van der Waals surface area contributed by atoms with Crippen LogP contribution in [-0.4, -0.2) is 23.8 Å². The third-order valence-corrected chi connectivity index (χ3v) is 4.84. The zero-order chi connectivity index (χ0) is 20.1. The smallest absolute Gasteiger partial charge is 0.339 e. The Morgan fingerprint density at radius 3 is 2.46 bits per heavy atom. The first-order chi connectivity index (χ1) is 13.5. The molecule has 7 nitrogen and oxygen atoms in total. The molecule has 3 rings (SSSR count).